The van der Waals surface area contributed by atoms with E-state index in [1.165, 1.54) is 0 Å². The molecular weight excluding hydrogens is 880 g/mol. The van der Waals surface area contributed by atoms with Gasteiger partial charge in [-0.25, -0.2) is 15.0 Å². The number of rotatable bonds is 11. The molecule has 13 rings (SSSR count). The van der Waals surface area contributed by atoms with Crippen molar-refractivity contribution in [3.05, 3.63) is 273 Å². The van der Waals surface area contributed by atoms with Crippen LogP contribution in [0.4, 0.5) is 85.8 Å². The van der Waals surface area contributed by atoms with Crippen molar-refractivity contribution in [3.8, 4) is 0 Å². The smallest absolute Gasteiger partial charge is 0.258 e. The van der Waals surface area contributed by atoms with E-state index in [0.29, 0.717) is 0 Å². The summed E-state index contributed by atoms with van der Waals surface area (Å²) in [4.78, 5) is 28.2. The third kappa shape index (κ3) is 7.48. The highest BCUT2D eigenvalue weighted by Crippen LogP contribution is 2.48. The summed E-state index contributed by atoms with van der Waals surface area (Å²) < 4.78 is 0. The minimum atomic E-state index is -0.310. The van der Waals surface area contributed by atoms with Gasteiger partial charge in [-0.05, 0) is 113 Å². The number of pyridine rings is 3. The summed E-state index contributed by atoms with van der Waals surface area (Å²) in [7, 11) is 0. The van der Waals surface area contributed by atoms with Crippen molar-refractivity contribution in [1.82, 2.24) is 15.0 Å². The first-order chi connectivity index (χ1) is 35.8. The lowest BCUT2D eigenvalue weighted by Crippen LogP contribution is -2.62. The number of para-hydroxylation sites is 8. The number of aromatic nitrogens is 3. The molecule has 0 saturated carbocycles. The molecule has 2 aliphatic heterocycles. The monoisotopic (exact) mass is 924 g/mol. The van der Waals surface area contributed by atoms with Crippen LogP contribution in [0.25, 0.3) is 0 Å². The highest BCUT2D eigenvalue weighted by Gasteiger charge is 2.46. The Kier molecular flexibility index (Phi) is 10.8. The largest absolute Gasteiger partial charge is 0.311 e. The van der Waals surface area contributed by atoms with Gasteiger partial charge >= 0.3 is 0 Å². The predicted octanol–water partition coefficient (Wildman–Crippen LogP) is 14.4. The van der Waals surface area contributed by atoms with Gasteiger partial charge in [0.25, 0.3) is 6.71 Å². The fraction of sp³-hybridized carbons (Fsp3) is 0. The Hall–Kier alpha value is -9.73. The minimum absolute atomic E-state index is 0.310. The lowest BCUT2D eigenvalue weighted by molar-refractivity contribution is 1.11. The second-order valence-electron chi connectivity index (χ2n) is 17.7. The van der Waals surface area contributed by atoms with E-state index in [1.54, 1.807) is 0 Å². The Morgan fingerprint density at radius 1 is 0.306 bits per heavy atom. The summed E-state index contributed by atoms with van der Waals surface area (Å²) in [6, 6.07) is 91.0. The highest BCUT2D eigenvalue weighted by molar-refractivity contribution is 7.00. The molecule has 72 heavy (non-hydrogen) atoms. The molecule has 0 unspecified atom stereocenters. The minimum Gasteiger partial charge on any atom is -0.311 e. The van der Waals surface area contributed by atoms with Crippen molar-refractivity contribution in [1.29, 1.82) is 0 Å². The zero-order chi connectivity index (χ0) is 47.8. The number of benzene rings is 8. The van der Waals surface area contributed by atoms with Gasteiger partial charge in [0.2, 0.25) is 0 Å². The Balaban J connectivity index is 1.13. The first-order valence-corrected chi connectivity index (χ1v) is 24.2. The lowest BCUT2D eigenvalue weighted by Gasteiger charge is -2.44. The molecule has 9 heteroatoms. The third-order valence-corrected chi connectivity index (χ3v) is 13.4. The maximum absolute atomic E-state index is 5.90. The fourth-order valence-corrected chi connectivity index (χ4v) is 10.3. The first kappa shape index (κ1) is 42.4. The van der Waals surface area contributed by atoms with Gasteiger partial charge in [-0.2, -0.15) is 0 Å². The summed E-state index contributed by atoms with van der Waals surface area (Å²) in [6.07, 6.45) is 4.17. The molecule has 11 aromatic rings. The molecule has 0 bridgehead atoms. The van der Waals surface area contributed by atoms with Crippen LogP contribution in [0.1, 0.15) is 0 Å². The van der Waals surface area contributed by atoms with Gasteiger partial charge in [-0.1, -0.05) is 146 Å². The molecule has 0 amide bonds. The Labute approximate surface area is 419 Å². The van der Waals surface area contributed by atoms with E-state index >= 15 is 0 Å². The third-order valence-electron chi connectivity index (χ3n) is 13.4. The predicted molar refractivity (Wildman–Crippen MR) is 298 cm³/mol. The van der Waals surface area contributed by atoms with Gasteiger partial charge in [0.15, 0.2) is 0 Å². The second-order valence-corrected chi connectivity index (χ2v) is 17.7. The molecule has 8 nitrogen and oxygen atoms in total. The van der Waals surface area contributed by atoms with E-state index in [4.69, 9.17) is 15.0 Å². The topological polar surface area (TPSA) is 54.9 Å². The SMILES string of the molecule is c1ccc(N(c2ccccc2)c2cc3c(cn2)B2c4cnc(N(c5ccccc5)c5ccccc5)cc4N(c4ccccc4)c4nc(N(c5ccccc5)c5ccccc5)cc(c42)N3c2ccccc2)cc1. The van der Waals surface area contributed by atoms with Gasteiger partial charge in [-0.3, -0.25) is 19.6 Å². The van der Waals surface area contributed by atoms with E-state index in [9.17, 15) is 0 Å². The van der Waals surface area contributed by atoms with E-state index in [2.05, 4.69) is 286 Å². The molecule has 340 valence electrons. The molecule has 8 aromatic carbocycles. The van der Waals surface area contributed by atoms with Crippen LogP contribution in [-0.2, 0) is 0 Å². The molecular formula is C63H45BN8. The number of anilines is 15. The molecule has 0 fully saturated rings. The lowest BCUT2D eigenvalue weighted by atomic mass is 9.34. The van der Waals surface area contributed by atoms with Gasteiger partial charge in [0.05, 0.1) is 0 Å². The summed E-state index contributed by atoms with van der Waals surface area (Å²) in [6.45, 7) is -0.310. The maximum Gasteiger partial charge on any atom is 0.258 e. The van der Waals surface area contributed by atoms with Crippen LogP contribution in [0.5, 0.6) is 0 Å². The van der Waals surface area contributed by atoms with Crippen molar-refractivity contribution in [2.45, 2.75) is 0 Å². The number of nitrogens with zero attached hydrogens (tertiary/aromatic N) is 8. The van der Waals surface area contributed by atoms with Crippen LogP contribution in [-0.4, -0.2) is 21.7 Å². The molecule has 0 atom stereocenters. The average molecular weight is 925 g/mol. The molecule has 5 heterocycles. The van der Waals surface area contributed by atoms with Crippen molar-refractivity contribution < 1.29 is 0 Å². The zero-order valence-electron chi connectivity index (χ0n) is 39.1. The van der Waals surface area contributed by atoms with E-state index in [-0.39, 0.29) is 6.71 Å². The molecule has 3 aromatic heterocycles. The number of fused-ring (bicyclic) bond motifs is 4. The van der Waals surface area contributed by atoms with Crippen molar-refractivity contribution in [2.75, 3.05) is 24.5 Å². The molecule has 2 aliphatic rings. The average Bonchev–Trinajstić information content (AvgIpc) is 3.45. The van der Waals surface area contributed by atoms with Gasteiger partial charge in [0, 0.05) is 93.2 Å². The molecule has 0 spiro atoms. The summed E-state index contributed by atoms with van der Waals surface area (Å²) in [5.74, 6) is 3.15. The molecule has 0 radical (unpaired) electrons. The van der Waals surface area contributed by atoms with Crippen LogP contribution >= 0.6 is 0 Å². The normalized spacial score (nSPS) is 12.1. The zero-order valence-corrected chi connectivity index (χ0v) is 39.1. The number of hydrogen-bond acceptors (Lipinski definition) is 8. The van der Waals surface area contributed by atoms with E-state index in [1.807, 2.05) is 12.1 Å². The summed E-state index contributed by atoms with van der Waals surface area (Å²) in [5, 5.41) is 0. The van der Waals surface area contributed by atoms with Gasteiger partial charge in [-0.15, -0.1) is 0 Å². The Morgan fingerprint density at radius 3 is 0.958 bits per heavy atom. The van der Waals surface area contributed by atoms with E-state index < -0.39 is 0 Å². The Morgan fingerprint density at radius 2 is 0.597 bits per heavy atom. The highest BCUT2D eigenvalue weighted by atomic mass is 15.3. The summed E-state index contributed by atoms with van der Waals surface area (Å²) in [5.41, 5.74) is 14.1. The van der Waals surface area contributed by atoms with E-state index in [0.717, 1.165) is 102 Å². The van der Waals surface area contributed by atoms with Crippen LogP contribution in [0.15, 0.2) is 273 Å². The van der Waals surface area contributed by atoms with Crippen LogP contribution in [0, 0.1) is 0 Å². The molecule has 0 N–H and O–H groups in total. The van der Waals surface area contributed by atoms with Crippen LogP contribution < -0.4 is 40.9 Å². The second kappa shape index (κ2) is 18.3. The fourth-order valence-electron chi connectivity index (χ4n) is 10.3. The number of hydrogen-bond donors (Lipinski definition) is 0. The van der Waals surface area contributed by atoms with Crippen molar-refractivity contribution in [2.24, 2.45) is 0 Å². The molecule has 0 aliphatic carbocycles. The quantitative estimate of drug-likeness (QED) is 0.119. The Bertz CT molecular complexity index is 3340. The van der Waals surface area contributed by atoms with Crippen molar-refractivity contribution >= 4 is 109 Å². The van der Waals surface area contributed by atoms with Crippen molar-refractivity contribution in [3.63, 3.8) is 0 Å². The standard InChI is InChI=1S/C63H45BN8/c1-9-25-46(26-10-1)68(47-27-11-2-12-28-47)59-41-56-54(44-65-59)64-55-45-66-60(69(48-29-13-3-14-30-48)49-31-15-4-16-32-49)42-57(55)72(53-39-23-8-24-40-53)63-62(64)58(71(56)52-37-21-7-22-38-52)43-61(67-63)70(50-33-17-5-18-34-50)51-35-19-6-20-36-51/h1-45H. The molecule has 0 saturated heterocycles. The first-order valence-electron chi connectivity index (χ1n) is 24.2. The summed E-state index contributed by atoms with van der Waals surface area (Å²) >= 11 is 0. The van der Waals surface area contributed by atoms with Crippen LogP contribution in [0.3, 0.4) is 0 Å². The van der Waals surface area contributed by atoms with Gasteiger partial charge < -0.3 is 4.90 Å². The maximum atomic E-state index is 5.90. The van der Waals surface area contributed by atoms with Gasteiger partial charge in [0.1, 0.15) is 23.3 Å². The van der Waals surface area contributed by atoms with Crippen LogP contribution in [0.2, 0.25) is 0 Å².